The predicted molar refractivity (Wildman–Crippen MR) is 26.8 cm³/mol. The first kappa shape index (κ1) is 4.69. The maximum Gasteiger partial charge on any atom is 0.312 e. The standard InChI is InChI=1S/C2H4N6/c3-2(4)8-1-5-6-7-8/h1H,(H3,3,4)/q+1. The maximum absolute atomic E-state index is 6.75. The number of nitrogens with one attached hydrogen (secondary N) is 1. The Kier molecular flexibility index (Phi) is 0.918. The highest BCUT2D eigenvalue weighted by atomic mass is 15.7. The Balaban J connectivity index is 2.62. The van der Waals surface area contributed by atoms with E-state index in [9.17, 15) is 0 Å². The maximum atomic E-state index is 6.75. The van der Waals surface area contributed by atoms with Crippen LogP contribution < -0.4 is 11.0 Å². The molecule has 1 rings (SSSR count). The molecular weight excluding hydrogens is 108 g/mol. The number of hydrogen-bond donors (Lipinski definition) is 2. The summed E-state index contributed by atoms with van der Waals surface area (Å²) in [6, 6.07) is 0. The quantitative estimate of drug-likeness (QED) is 0.305. The minimum absolute atomic E-state index is 0.185. The number of rotatable bonds is 0. The van der Waals surface area contributed by atoms with Gasteiger partial charge in [-0.3, -0.25) is 0 Å². The Hall–Kier alpha value is -1.46. The van der Waals surface area contributed by atoms with Crippen LogP contribution in [0.15, 0.2) is 10.3 Å². The molecule has 0 aliphatic carbocycles. The van der Waals surface area contributed by atoms with E-state index in [4.69, 9.17) is 11.1 Å². The van der Waals surface area contributed by atoms with Crippen molar-refractivity contribution in [2.45, 2.75) is 0 Å². The van der Waals surface area contributed by atoms with Gasteiger partial charge >= 0.3 is 5.96 Å². The molecule has 0 aromatic rings. The Morgan fingerprint density at radius 2 is 2.62 bits per heavy atom. The molecule has 0 bridgehead atoms. The first-order chi connectivity index (χ1) is 3.80. The van der Waals surface area contributed by atoms with Crippen molar-refractivity contribution < 1.29 is 0 Å². The topological polar surface area (TPSA) is 91.9 Å². The van der Waals surface area contributed by atoms with E-state index in [1.807, 2.05) is 0 Å². The molecule has 0 amide bonds. The Morgan fingerprint density at radius 1 is 1.88 bits per heavy atom. The van der Waals surface area contributed by atoms with Crippen LogP contribution in [0.2, 0.25) is 0 Å². The van der Waals surface area contributed by atoms with E-state index in [1.54, 1.807) is 0 Å². The van der Waals surface area contributed by atoms with Gasteiger partial charge in [-0.2, -0.15) is 0 Å². The van der Waals surface area contributed by atoms with Gasteiger partial charge in [0.15, 0.2) is 5.22 Å². The Labute approximate surface area is 45.2 Å². The van der Waals surface area contributed by atoms with E-state index in [1.165, 1.54) is 6.34 Å². The van der Waals surface area contributed by atoms with Crippen molar-refractivity contribution >= 4 is 12.3 Å². The van der Waals surface area contributed by atoms with Crippen LogP contribution in [0.3, 0.4) is 0 Å². The zero-order valence-corrected chi connectivity index (χ0v) is 3.94. The monoisotopic (exact) mass is 112 g/mol. The molecule has 41 valence electrons. The summed E-state index contributed by atoms with van der Waals surface area (Å²) in [5.41, 5.74) is 4.96. The highest BCUT2D eigenvalue weighted by Crippen LogP contribution is 1.84. The summed E-state index contributed by atoms with van der Waals surface area (Å²) in [5.74, 6) is -0.185. The highest BCUT2D eigenvalue weighted by molar-refractivity contribution is 5.86. The summed E-state index contributed by atoms with van der Waals surface area (Å²) >= 11 is 0. The van der Waals surface area contributed by atoms with Crippen LogP contribution in [-0.2, 0) is 0 Å². The lowest BCUT2D eigenvalue weighted by molar-refractivity contribution is 0.615. The third-order valence-electron chi connectivity index (χ3n) is 0.596. The van der Waals surface area contributed by atoms with Crippen molar-refractivity contribution in [3.05, 3.63) is 0 Å². The fourth-order valence-corrected chi connectivity index (χ4v) is 0.272. The molecule has 8 heavy (non-hydrogen) atoms. The summed E-state index contributed by atoms with van der Waals surface area (Å²) in [5, 5.41) is 17.6. The summed E-state index contributed by atoms with van der Waals surface area (Å²) in [4.78, 5) is 0. The second kappa shape index (κ2) is 1.57. The smallest absolute Gasteiger partial charge is 0.312 e. The first-order valence-electron chi connectivity index (χ1n) is 1.88. The molecule has 1 radical (unpaired) electrons. The zero-order valence-electron chi connectivity index (χ0n) is 3.94. The second-order valence-electron chi connectivity index (χ2n) is 1.14. The molecule has 0 saturated carbocycles. The molecule has 3 N–H and O–H groups in total. The summed E-state index contributed by atoms with van der Waals surface area (Å²) in [6.07, 6.45) is 1.25. The van der Waals surface area contributed by atoms with E-state index >= 15 is 0 Å². The average molecular weight is 112 g/mol. The largest absolute Gasteiger partial charge is 0.348 e. The molecule has 1 aliphatic heterocycles. The summed E-state index contributed by atoms with van der Waals surface area (Å²) < 4.78 is 0. The number of nitrogens with zero attached hydrogens (tertiary/aromatic N) is 4. The molecule has 6 nitrogen and oxygen atoms in total. The van der Waals surface area contributed by atoms with Crippen molar-refractivity contribution in [2.24, 2.45) is 16.1 Å². The Morgan fingerprint density at radius 3 is 2.88 bits per heavy atom. The van der Waals surface area contributed by atoms with Crippen LogP contribution in [0.4, 0.5) is 0 Å². The van der Waals surface area contributed by atoms with Crippen LogP contribution in [0.5, 0.6) is 0 Å². The molecule has 0 saturated heterocycles. The van der Waals surface area contributed by atoms with Gasteiger partial charge in [0.05, 0.1) is 0 Å². The van der Waals surface area contributed by atoms with Crippen molar-refractivity contribution in [2.75, 3.05) is 0 Å². The van der Waals surface area contributed by atoms with Crippen molar-refractivity contribution in [1.82, 2.24) is 10.2 Å². The predicted octanol–water partition coefficient (Wildman–Crippen LogP) is -1.16. The number of hydrogen-bond acceptors (Lipinski definition) is 4. The lowest BCUT2D eigenvalue weighted by Gasteiger charge is -1.88. The van der Waals surface area contributed by atoms with Crippen molar-refractivity contribution in [1.29, 1.82) is 5.41 Å². The van der Waals surface area contributed by atoms with Gasteiger partial charge in [0.1, 0.15) is 0 Å². The molecule has 0 aromatic carbocycles. The third-order valence-corrected chi connectivity index (χ3v) is 0.596. The molecule has 0 unspecified atom stereocenters. The van der Waals surface area contributed by atoms with Gasteiger partial charge < -0.3 is 5.73 Å². The third kappa shape index (κ3) is 0.625. The van der Waals surface area contributed by atoms with Gasteiger partial charge in [0.25, 0.3) is 6.34 Å². The molecule has 1 aliphatic rings. The van der Waals surface area contributed by atoms with E-state index in [2.05, 4.69) is 15.5 Å². The lowest BCUT2D eigenvalue weighted by Crippen LogP contribution is -2.28. The van der Waals surface area contributed by atoms with Crippen molar-refractivity contribution in [3.8, 4) is 0 Å². The zero-order chi connectivity index (χ0) is 5.98. The van der Waals surface area contributed by atoms with Crippen LogP contribution in [0.1, 0.15) is 0 Å². The lowest BCUT2D eigenvalue weighted by atomic mass is 10.9. The fraction of sp³-hybridized carbons (Fsp3) is 0. The first-order valence-corrected chi connectivity index (χ1v) is 1.88. The number of guanidine groups is 1. The van der Waals surface area contributed by atoms with Crippen LogP contribution in [0, 0.1) is 5.41 Å². The van der Waals surface area contributed by atoms with Crippen LogP contribution >= 0.6 is 0 Å². The minimum atomic E-state index is -0.185. The average Bonchev–Trinajstić information content (AvgIpc) is 2.12. The fourth-order valence-electron chi connectivity index (χ4n) is 0.272. The van der Waals surface area contributed by atoms with Gasteiger partial charge in [-0.05, 0) is 5.01 Å². The molecule has 6 heteroatoms. The minimum Gasteiger partial charge on any atom is -0.348 e. The van der Waals surface area contributed by atoms with Gasteiger partial charge in [-0.1, -0.05) is 0 Å². The van der Waals surface area contributed by atoms with Crippen LogP contribution in [-0.4, -0.2) is 17.3 Å². The Bertz CT molecular complexity index is 144. The molecule has 0 atom stereocenters. The van der Waals surface area contributed by atoms with Gasteiger partial charge in [0.2, 0.25) is 5.22 Å². The van der Waals surface area contributed by atoms with E-state index in [-0.39, 0.29) is 5.96 Å². The highest BCUT2D eigenvalue weighted by Gasteiger charge is 2.15. The molecule has 0 spiro atoms. The van der Waals surface area contributed by atoms with Crippen LogP contribution in [0.25, 0.3) is 0 Å². The second-order valence-corrected chi connectivity index (χ2v) is 1.14. The van der Waals surface area contributed by atoms with E-state index in [0.717, 1.165) is 5.01 Å². The molecule has 0 aromatic heterocycles. The molecule has 0 fully saturated rings. The van der Waals surface area contributed by atoms with E-state index < -0.39 is 0 Å². The van der Waals surface area contributed by atoms with E-state index in [0.29, 0.717) is 0 Å². The SMILES string of the molecule is N=C(N)N1C=N[N+]=N1. The van der Waals surface area contributed by atoms with Gasteiger partial charge in [0, 0.05) is 5.10 Å². The van der Waals surface area contributed by atoms with Gasteiger partial charge in [-0.15, -0.1) is 0 Å². The normalized spacial score (nSPS) is 15.2. The van der Waals surface area contributed by atoms with Crippen molar-refractivity contribution in [3.63, 3.8) is 0 Å². The summed E-state index contributed by atoms with van der Waals surface area (Å²) in [7, 11) is 0. The summed E-state index contributed by atoms with van der Waals surface area (Å²) in [6.45, 7) is 0. The number of nitrogens with two attached hydrogens (primary N) is 1. The molecular formula is C2H4N6+. The van der Waals surface area contributed by atoms with Gasteiger partial charge in [-0.25, -0.2) is 5.41 Å². The molecule has 1 heterocycles.